The fourth-order valence-electron chi connectivity index (χ4n) is 2.10. The lowest BCUT2D eigenvalue weighted by Crippen LogP contribution is -2.47. The first-order valence-corrected chi connectivity index (χ1v) is 6.32. The van der Waals surface area contributed by atoms with Gasteiger partial charge in [0.05, 0.1) is 6.54 Å². The quantitative estimate of drug-likeness (QED) is 0.644. The van der Waals surface area contributed by atoms with Crippen molar-refractivity contribution in [2.75, 3.05) is 0 Å². The normalized spacial score (nSPS) is 21.6. The van der Waals surface area contributed by atoms with Crippen LogP contribution in [0.2, 0.25) is 0 Å². The van der Waals surface area contributed by atoms with E-state index in [0.29, 0.717) is 6.42 Å². The molecule has 0 saturated carbocycles. The van der Waals surface area contributed by atoms with E-state index in [1.54, 1.807) is 12.2 Å². The summed E-state index contributed by atoms with van der Waals surface area (Å²) in [4.78, 5) is 26.6. The van der Waals surface area contributed by atoms with Crippen molar-refractivity contribution >= 4 is 11.9 Å². The second-order valence-electron chi connectivity index (χ2n) is 4.80. The molecule has 2 N–H and O–H groups in total. The first-order chi connectivity index (χ1) is 10.3. The number of aliphatic carboxylic acids is 1. The molecule has 0 saturated heterocycles. The van der Waals surface area contributed by atoms with Gasteiger partial charge in [-0.05, 0) is 19.3 Å². The van der Waals surface area contributed by atoms with Crippen LogP contribution in [-0.2, 0) is 22.3 Å². The summed E-state index contributed by atoms with van der Waals surface area (Å²) in [6, 6.07) is 0. The number of nitrogens with one attached hydrogen (secondary N) is 1. The highest BCUT2D eigenvalue weighted by Crippen LogP contribution is 2.33. The maximum atomic E-state index is 12.3. The van der Waals surface area contributed by atoms with Gasteiger partial charge in [0.25, 0.3) is 0 Å². The zero-order valence-corrected chi connectivity index (χ0v) is 11.2. The smallest absolute Gasteiger partial charge is 0.471 e. The molecule has 1 amide bonds. The van der Waals surface area contributed by atoms with Crippen LogP contribution in [0.4, 0.5) is 13.2 Å². The predicted molar refractivity (Wildman–Crippen MR) is 64.2 cm³/mol. The number of carboxylic acid groups (broad SMARTS) is 1. The molecule has 7 nitrogen and oxygen atoms in total. The van der Waals surface area contributed by atoms with Gasteiger partial charge in [-0.25, -0.2) is 0 Å². The molecule has 1 heterocycles. The Morgan fingerprint density at radius 2 is 2.14 bits per heavy atom. The molecule has 0 radical (unpaired) electrons. The molecule has 10 heteroatoms. The monoisotopic (exact) mass is 319 g/mol. The van der Waals surface area contributed by atoms with Gasteiger partial charge in [0.2, 0.25) is 5.91 Å². The summed E-state index contributed by atoms with van der Waals surface area (Å²) >= 11 is 0. The van der Waals surface area contributed by atoms with Gasteiger partial charge in [0.15, 0.2) is 5.82 Å². The van der Waals surface area contributed by atoms with Crippen LogP contribution in [-0.4, -0.2) is 27.1 Å². The third-order valence-corrected chi connectivity index (χ3v) is 3.33. The Hall–Kier alpha value is -2.39. The molecular formula is C12H12F3N3O4. The van der Waals surface area contributed by atoms with E-state index < -0.39 is 35.9 Å². The Balaban J connectivity index is 2.04. The van der Waals surface area contributed by atoms with Crippen molar-refractivity contribution in [2.45, 2.75) is 32.0 Å². The zero-order valence-electron chi connectivity index (χ0n) is 11.2. The average Bonchev–Trinajstić information content (AvgIpc) is 2.94. The van der Waals surface area contributed by atoms with Crippen molar-refractivity contribution in [1.82, 2.24) is 15.5 Å². The van der Waals surface area contributed by atoms with Gasteiger partial charge in [-0.1, -0.05) is 17.3 Å². The van der Waals surface area contributed by atoms with Crippen molar-refractivity contribution in [3.8, 4) is 0 Å². The molecule has 0 spiro atoms. The van der Waals surface area contributed by atoms with Gasteiger partial charge in [0, 0.05) is 0 Å². The topological polar surface area (TPSA) is 105 Å². The van der Waals surface area contributed by atoms with Crippen LogP contribution in [0.25, 0.3) is 0 Å². The van der Waals surface area contributed by atoms with E-state index in [2.05, 4.69) is 20.0 Å². The molecular weight excluding hydrogens is 307 g/mol. The minimum absolute atomic E-state index is 0.0220. The van der Waals surface area contributed by atoms with E-state index in [-0.39, 0.29) is 18.7 Å². The Kier molecular flexibility index (Phi) is 4.20. The fourth-order valence-corrected chi connectivity index (χ4v) is 2.10. The number of aromatic nitrogens is 2. The number of rotatable bonds is 4. The number of allylic oxidation sites excluding steroid dienone is 2. The third-order valence-electron chi connectivity index (χ3n) is 3.33. The minimum atomic E-state index is -4.77. The minimum Gasteiger partial charge on any atom is -0.480 e. The molecule has 1 aromatic rings. The summed E-state index contributed by atoms with van der Waals surface area (Å²) in [6.07, 6.45) is -0.846. The highest BCUT2D eigenvalue weighted by molar-refractivity contribution is 6.02. The number of halogens is 3. The molecule has 1 aliphatic rings. The number of carbonyl (C=O) groups is 2. The van der Waals surface area contributed by atoms with Crippen LogP contribution in [0, 0.1) is 5.41 Å². The Bertz CT molecular complexity index is 611. The lowest BCUT2D eigenvalue weighted by molar-refractivity contribution is -0.159. The SMILES string of the molecule is O=C(O)C1(C(=O)NCc2noc(C(F)(F)F)n2)CC=CCC1. The number of carboxylic acids is 1. The van der Waals surface area contributed by atoms with Gasteiger partial charge < -0.3 is 14.9 Å². The summed E-state index contributed by atoms with van der Waals surface area (Å²) in [5.74, 6) is -3.97. The number of carbonyl (C=O) groups excluding carboxylic acids is 1. The highest BCUT2D eigenvalue weighted by Gasteiger charge is 2.45. The van der Waals surface area contributed by atoms with Crippen molar-refractivity contribution in [3.05, 3.63) is 23.9 Å². The third kappa shape index (κ3) is 3.10. The largest absolute Gasteiger partial charge is 0.480 e. The Morgan fingerprint density at radius 1 is 1.41 bits per heavy atom. The lowest BCUT2D eigenvalue weighted by Gasteiger charge is -2.28. The lowest BCUT2D eigenvalue weighted by atomic mass is 9.76. The van der Waals surface area contributed by atoms with Crippen LogP contribution >= 0.6 is 0 Å². The van der Waals surface area contributed by atoms with Crippen LogP contribution < -0.4 is 5.32 Å². The number of nitrogens with zero attached hydrogens (tertiary/aromatic N) is 2. The molecule has 1 atom stereocenters. The standard InChI is InChI=1S/C12H12F3N3O4/c13-12(14,15)9-17-7(18-22-9)6-16-8(19)11(10(20)21)4-2-1-3-5-11/h1-2H,3-6H2,(H,16,19)(H,20,21). The highest BCUT2D eigenvalue weighted by atomic mass is 19.4. The molecule has 0 fully saturated rings. The summed E-state index contributed by atoms with van der Waals surface area (Å²) in [5, 5.41) is 14.6. The van der Waals surface area contributed by atoms with E-state index in [0.717, 1.165) is 0 Å². The number of hydrogen-bond acceptors (Lipinski definition) is 5. The van der Waals surface area contributed by atoms with Crippen molar-refractivity contribution < 1.29 is 32.4 Å². The van der Waals surface area contributed by atoms with E-state index in [4.69, 9.17) is 0 Å². The van der Waals surface area contributed by atoms with Gasteiger partial charge >= 0.3 is 18.0 Å². The molecule has 0 bridgehead atoms. The summed E-state index contributed by atoms with van der Waals surface area (Å²) in [5.41, 5.74) is -1.62. The summed E-state index contributed by atoms with van der Waals surface area (Å²) in [6.45, 7) is -0.447. The van der Waals surface area contributed by atoms with Crippen LogP contribution in [0.3, 0.4) is 0 Å². The molecule has 1 aliphatic carbocycles. The maximum absolute atomic E-state index is 12.3. The molecule has 120 valence electrons. The van der Waals surface area contributed by atoms with Gasteiger partial charge in [0.1, 0.15) is 5.41 Å². The average molecular weight is 319 g/mol. The second-order valence-corrected chi connectivity index (χ2v) is 4.80. The van der Waals surface area contributed by atoms with Crippen molar-refractivity contribution in [3.63, 3.8) is 0 Å². The van der Waals surface area contributed by atoms with Crippen LogP contribution in [0.1, 0.15) is 31.0 Å². The number of amides is 1. The molecule has 2 rings (SSSR count). The van der Waals surface area contributed by atoms with Gasteiger partial charge in [-0.3, -0.25) is 9.59 Å². The maximum Gasteiger partial charge on any atom is 0.471 e. The summed E-state index contributed by atoms with van der Waals surface area (Å²) in [7, 11) is 0. The first-order valence-electron chi connectivity index (χ1n) is 6.32. The first kappa shape index (κ1) is 16.0. The predicted octanol–water partition coefficient (Wildman–Crippen LogP) is 1.52. The Labute approximate surface area is 122 Å². The number of alkyl halides is 3. The van der Waals surface area contributed by atoms with Gasteiger partial charge in [-0.15, -0.1) is 0 Å². The Morgan fingerprint density at radius 3 is 2.64 bits per heavy atom. The molecule has 0 aliphatic heterocycles. The van der Waals surface area contributed by atoms with Crippen molar-refractivity contribution in [1.29, 1.82) is 0 Å². The molecule has 1 aromatic heterocycles. The van der Waals surface area contributed by atoms with Crippen molar-refractivity contribution in [2.24, 2.45) is 5.41 Å². The second kappa shape index (κ2) is 5.78. The van der Waals surface area contributed by atoms with E-state index in [1.165, 1.54) is 0 Å². The number of hydrogen-bond donors (Lipinski definition) is 2. The van der Waals surface area contributed by atoms with Crippen LogP contribution in [0.15, 0.2) is 16.7 Å². The summed E-state index contributed by atoms with van der Waals surface area (Å²) < 4.78 is 40.9. The fraction of sp³-hybridized carbons (Fsp3) is 0.500. The molecule has 0 aromatic carbocycles. The molecule has 22 heavy (non-hydrogen) atoms. The van der Waals surface area contributed by atoms with Crippen LogP contribution in [0.5, 0.6) is 0 Å². The molecule has 1 unspecified atom stereocenters. The zero-order chi connectivity index (χ0) is 16.4. The van der Waals surface area contributed by atoms with E-state index in [9.17, 15) is 27.9 Å². The van der Waals surface area contributed by atoms with Gasteiger partial charge in [-0.2, -0.15) is 18.2 Å². The van der Waals surface area contributed by atoms with E-state index >= 15 is 0 Å². The van der Waals surface area contributed by atoms with E-state index in [1.807, 2.05) is 0 Å².